The highest BCUT2D eigenvalue weighted by molar-refractivity contribution is 6.42. The van der Waals surface area contributed by atoms with Gasteiger partial charge >= 0.3 is 0 Å². The molecule has 0 spiro atoms. The second kappa shape index (κ2) is 14.1. The molecular formula is C30H34Cl2N2O3. The Morgan fingerprint density at radius 1 is 0.919 bits per heavy atom. The SMILES string of the molecule is CCCCNC(=O)C(Cc1ccccc1)N(Cc1ccc(Cl)c(Cl)c1)C(=O)COc1cc(C)cc(C)c1. The lowest BCUT2D eigenvalue weighted by atomic mass is 10.0. The number of rotatable bonds is 12. The highest BCUT2D eigenvalue weighted by Crippen LogP contribution is 2.24. The average molecular weight is 542 g/mol. The number of hydrogen-bond acceptors (Lipinski definition) is 3. The molecule has 0 saturated heterocycles. The summed E-state index contributed by atoms with van der Waals surface area (Å²) in [4.78, 5) is 28.7. The molecule has 0 saturated carbocycles. The minimum atomic E-state index is -0.732. The van der Waals surface area contributed by atoms with E-state index >= 15 is 0 Å². The van der Waals surface area contributed by atoms with E-state index in [4.69, 9.17) is 27.9 Å². The van der Waals surface area contributed by atoms with Gasteiger partial charge in [-0.05, 0) is 66.8 Å². The molecule has 37 heavy (non-hydrogen) atoms. The Balaban J connectivity index is 1.91. The number of halogens is 2. The first-order valence-electron chi connectivity index (χ1n) is 12.5. The Bertz CT molecular complexity index is 1180. The molecule has 0 aliphatic carbocycles. The molecule has 3 aromatic carbocycles. The molecule has 0 heterocycles. The number of benzene rings is 3. The molecule has 3 rings (SSSR count). The van der Waals surface area contributed by atoms with Gasteiger partial charge in [-0.1, -0.05) is 79.0 Å². The van der Waals surface area contributed by atoms with E-state index in [2.05, 4.69) is 12.2 Å². The molecule has 5 nitrogen and oxygen atoms in total. The molecule has 3 aromatic rings. The number of carbonyl (C=O) groups is 2. The first-order chi connectivity index (χ1) is 17.8. The lowest BCUT2D eigenvalue weighted by Gasteiger charge is -2.31. The Labute approximate surface area is 229 Å². The maximum atomic E-state index is 13.7. The van der Waals surface area contributed by atoms with Gasteiger partial charge < -0.3 is 15.0 Å². The zero-order valence-electron chi connectivity index (χ0n) is 21.6. The summed E-state index contributed by atoms with van der Waals surface area (Å²) in [7, 11) is 0. The van der Waals surface area contributed by atoms with Crippen molar-refractivity contribution in [2.75, 3.05) is 13.2 Å². The summed E-state index contributed by atoms with van der Waals surface area (Å²) in [6, 6.07) is 20.0. The van der Waals surface area contributed by atoms with Crippen LogP contribution in [0.3, 0.4) is 0 Å². The number of ether oxygens (including phenoxy) is 1. The molecule has 7 heteroatoms. The van der Waals surface area contributed by atoms with Gasteiger partial charge in [0.1, 0.15) is 11.8 Å². The predicted molar refractivity (Wildman–Crippen MR) is 150 cm³/mol. The third-order valence-corrected chi connectivity index (χ3v) is 6.73. The lowest BCUT2D eigenvalue weighted by molar-refractivity contribution is -0.142. The molecule has 1 atom stereocenters. The topological polar surface area (TPSA) is 58.6 Å². The number of unbranched alkanes of at least 4 members (excludes halogenated alkanes) is 1. The van der Waals surface area contributed by atoms with Crippen LogP contribution in [-0.2, 0) is 22.6 Å². The van der Waals surface area contributed by atoms with Crippen LogP contribution in [0.4, 0.5) is 0 Å². The van der Waals surface area contributed by atoms with Crippen LogP contribution < -0.4 is 10.1 Å². The standard InChI is InChI=1S/C30H34Cl2N2O3/c1-4-5-13-33-30(36)28(18-23-9-7-6-8-10-23)34(19-24-11-12-26(31)27(32)17-24)29(35)20-37-25-15-21(2)14-22(3)16-25/h6-12,14-17,28H,4-5,13,18-20H2,1-3H3,(H,33,36). The molecule has 0 aliphatic rings. The average Bonchev–Trinajstić information content (AvgIpc) is 2.87. The molecule has 0 aromatic heterocycles. The molecule has 0 aliphatic heterocycles. The molecular weight excluding hydrogens is 507 g/mol. The van der Waals surface area contributed by atoms with Crippen LogP contribution >= 0.6 is 23.2 Å². The first kappa shape index (κ1) is 28.5. The zero-order chi connectivity index (χ0) is 26.8. The number of amides is 2. The number of nitrogens with one attached hydrogen (secondary N) is 1. The van der Waals surface area contributed by atoms with Crippen LogP contribution in [0.25, 0.3) is 0 Å². The minimum Gasteiger partial charge on any atom is -0.484 e. The fourth-order valence-electron chi connectivity index (χ4n) is 4.14. The summed E-state index contributed by atoms with van der Waals surface area (Å²) in [5, 5.41) is 3.84. The van der Waals surface area contributed by atoms with Gasteiger partial charge in [-0.2, -0.15) is 0 Å². The fraction of sp³-hybridized carbons (Fsp3) is 0.333. The van der Waals surface area contributed by atoms with Crippen LogP contribution in [-0.4, -0.2) is 35.9 Å². The molecule has 0 bridgehead atoms. The van der Waals surface area contributed by atoms with Crippen molar-refractivity contribution in [2.24, 2.45) is 0 Å². The van der Waals surface area contributed by atoms with Crippen molar-refractivity contribution in [1.82, 2.24) is 10.2 Å². The van der Waals surface area contributed by atoms with Gasteiger partial charge in [0.25, 0.3) is 5.91 Å². The van der Waals surface area contributed by atoms with E-state index in [0.717, 1.165) is 35.1 Å². The summed E-state index contributed by atoms with van der Waals surface area (Å²) in [6.07, 6.45) is 2.19. The third kappa shape index (κ3) is 8.80. The van der Waals surface area contributed by atoms with Gasteiger partial charge in [-0.15, -0.1) is 0 Å². The summed E-state index contributed by atoms with van der Waals surface area (Å²) >= 11 is 12.4. The van der Waals surface area contributed by atoms with Crippen molar-refractivity contribution >= 4 is 35.0 Å². The van der Waals surface area contributed by atoms with Crippen molar-refractivity contribution in [3.8, 4) is 5.75 Å². The maximum absolute atomic E-state index is 13.7. The number of aryl methyl sites for hydroxylation is 2. The van der Waals surface area contributed by atoms with Crippen molar-refractivity contribution in [3.63, 3.8) is 0 Å². The second-order valence-corrected chi connectivity index (χ2v) is 10.0. The maximum Gasteiger partial charge on any atom is 0.261 e. The van der Waals surface area contributed by atoms with Crippen molar-refractivity contribution in [3.05, 3.63) is 99.0 Å². The monoisotopic (exact) mass is 540 g/mol. The van der Waals surface area contributed by atoms with E-state index in [9.17, 15) is 9.59 Å². The quantitative estimate of drug-likeness (QED) is 0.265. The van der Waals surface area contributed by atoms with E-state index in [-0.39, 0.29) is 25.0 Å². The Hall–Kier alpha value is -3.02. The molecule has 1 N–H and O–H groups in total. The van der Waals surface area contributed by atoms with Gasteiger partial charge in [-0.25, -0.2) is 0 Å². The summed E-state index contributed by atoms with van der Waals surface area (Å²) in [6.45, 7) is 6.57. The van der Waals surface area contributed by atoms with Gasteiger partial charge in [0.2, 0.25) is 5.91 Å². The van der Waals surface area contributed by atoms with Crippen LogP contribution in [0.15, 0.2) is 66.7 Å². The van der Waals surface area contributed by atoms with E-state index < -0.39 is 6.04 Å². The van der Waals surface area contributed by atoms with E-state index in [0.29, 0.717) is 28.8 Å². The molecule has 1 unspecified atom stereocenters. The zero-order valence-corrected chi connectivity index (χ0v) is 23.1. The van der Waals surface area contributed by atoms with Crippen LogP contribution in [0.5, 0.6) is 5.75 Å². The van der Waals surface area contributed by atoms with E-state index in [1.54, 1.807) is 17.0 Å². The highest BCUT2D eigenvalue weighted by Gasteiger charge is 2.30. The first-order valence-corrected chi connectivity index (χ1v) is 13.3. The van der Waals surface area contributed by atoms with Crippen LogP contribution in [0.1, 0.15) is 42.0 Å². The Morgan fingerprint density at radius 2 is 1.62 bits per heavy atom. The summed E-state index contributed by atoms with van der Waals surface area (Å²) in [5.74, 6) is 0.126. The fourth-order valence-corrected chi connectivity index (χ4v) is 4.46. The highest BCUT2D eigenvalue weighted by atomic mass is 35.5. The van der Waals surface area contributed by atoms with Crippen molar-refractivity contribution in [1.29, 1.82) is 0 Å². The normalized spacial score (nSPS) is 11.6. The smallest absolute Gasteiger partial charge is 0.261 e. The largest absolute Gasteiger partial charge is 0.484 e. The third-order valence-electron chi connectivity index (χ3n) is 6.00. The van der Waals surface area contributed by atoms with Gasteiger partial charge in [0, 0.05) is 19.5 Å². The number of carbonyl (C=O) groups excluding carboxylic acids is 2. The number of nitrogens with zero attached hydrogens (tertiary/aromatic N) is 1. The van der Waals surface area contributed by atoms with E-state index in [1.807, 2.05) is 68.4 Å². The Morgan fingerprint density at radius 3 is 2.27 bits per heavy atom. The molecule has 0 radical (unpaired) electrons. The van der Waals surface area contributed by atoms with Crippen molar-refractivity contribution < 1.29 is 14.3 Å². The van der Waals surface area contributed by atoms with Crippen LogP contribution in [0.2, 0.25) is 10.0 Å². The molecule has 2 amide bonds. The summed E-state index contributed by atoms with van der Waals surface area (Å²) < 4.78 is 5.90. The molecule has 196 valence electrons. The van der Waals surface area contributed by atoms with Gasteiger partial charge in [0.15, 0.2) is 6.61 Å². The van der Waals surface area contributed by atoms with Crippen molar-refractivity contribution in [2.45, 2.75) is 52.6 Å². The number of hydrogen-bond donors (Lipinski definition) is 1. The summed E-state index contributed by atoms with van der Waals surface area (Å²) in [5.41, 5.74) is 3.83. The minimum absolute atomic E-state index is 0.185. The predicted octanol–water partition coefficient (Wildman–Crippen LogP) is 6.55. The lowest BCUT2D eigenvalue weighted by Crippen LogP contribution is -2.51. The van der Waals surface area contributed by atoms with Gasteiger partial charge in [-0.3, -0.25) is 9.59 Å². The second-order valence-electron chi connectivity index (χ2n) is 9.23. The Kier molecular flexibility index (Phi) is 10.8. The van der Waals surface area contributed by atoms with Gasteiger partial charge in [0.05, 0.1) is 10.0 Å². The van der Waals surface area contributed by atoms with E-state index in [1.165, 1.54) is 0 Å². The molecule has 0 fully saturated rings. The van der Waals surface area contributed by atoms with Crippen LogP contribution in [0, 0.1) is 13.8 Å².